The van der Waals surface area contributed by atoms with Crippen LogP contribution >= 0.6 is 0 Å². The number of benzene rings is 1. The minimum absolute atomic E-state index is 0.00364. The molecule has 2 aliphatic rings. The fraction of sp³-hybridized carbons (Fsp3) is 0.455. The Morgan fingerprint density at radius 1 is 1.29 bits per heavy atom. The van der Waals surface area contributed by atoms with E-state index in [1.807, 2.05) is 44.4 Å². The van der Waals surface area contributed by atoms with Gasteiger partial charge >= 0.3 is 0 Å². The van der Waals surface area contributed by atoms with Crippen LogP contribution in [-0.2, 0) is 17.3 Å². The lowest BCUT2D eigenvalue weighted by atomic mass is 9.72. The summed E-state index contributed by atoms with van der Waals surface area (Å²) in [6.07, 6.45) is 8.15. The summed E-state index contributed by atoms with van der Waals surface area (Å²) in [5.41, 5.74) is 3.11. The molecule has 1 fully saturated rings. The van der Waals surface area contributed by atoms with Crippen LogP contribution in [0.5, 0.6) is 0 Å². The second-order valence-electron chi connectivity index (χ2n) is 8.20. The molecule has 1 amide bonds. The van der Waals surface area contributed by atoms with E-state index in [2.05, 4.69) is 28.2 Å². The zero-order valence-corrected chi connectivity index (χ0v) is 16.7. The standard InChI is InChI=1S/C22H28N4O2/c1-24(2)20-17-6-4-5-7-18(17)22(21(20)28)10-12-26(13-11-22)19(27)9-8-16-14-23-25(3)15-16/h4-9,14-15,20-21,28H,10-13H2,1-3H3/t20-,21+/m1/s1. The number of nitrogens with zero attached hydrogens (tertiary/aromatic N) is 4. The predicted molar refractivity (Wildman–Crippen MR) is 109 cm³/mol. The molecule has 1 aromatic carbocycles. The SMILES string of the molecule is CN(C)[C@@H]1c2ccccc2C2(CCN(C(=O)C=Cc3cnn(C)c3)CC2)[C@H]1O. The van der Waals surface area contributed by atoms with Crippen molar-refractivity contribution in [3.8, 4) is 0 Å². The third-order valence-electron chi connectivity index (χ3n) is 6.35. The van der Waals surface area contributed by atoms with Crippen molar-refractivity contribution in [3.05, 3.63) is 59.4 Å². The molecule has 1 saturated heterocycles. The van der Waals surface area contributed by atoms with Gasteiger partial charge in [-0.2, -0.15) is 5.10 Å². The lowest BCUT2D eigenvalue weighted by molar-refractivity contribution is -0.128. The third kappa shape index (κ3) is 3.06. The molecule has 1 aliphatic heterocycles. The highest BCUT2D eigenvalue weighted by atomic mass is 16.3. The van der Waals surface area contributed by atoms with Gasteiger partial charge < -0.3 is 14.9 Å². The number of aromatic nitrogens is 2. The number of carbonyl (C=O) groups excluding carboxylic acids is 1. The van der Waals surface area contributed by atoms with Gasteiger partial charge in [0.15, 0.2) is 0 Å². The number of piperidine rings is 1. The van der Waals surface area contributed by atoms with E-state index in [4.69, 9.17) is 0 Å². The van der Waals surface area contributed by atoms with Gasteiger partial charge in [-0.1, -0.05) is 24.3 Å². The summed E-state index contributed by atoms with van der Waals surface area (Å²) in [7, 11) is 5.89. The summed E-state index contributed by atoms with van der Waals surface area (Å²) >= 11 is 0. The van der Waals surface area contributed by atoms with Crippen LogP contribution in [0, 0.1) is 0 Å². The van der Waals surface area contributed by atoms with Crippen molar-refractivity contribution in [1.29, 1.82) is 0 Å². The minimum Gasteiger partial charge on any atom is -0.390 e. The Morgan fingerprint density at radius 2 is 2.00 bits per heavy atom. The molecule has 0 radical (unpaired) electrons. The van der Waals surface area contributed by atoms with Crippen molar-refractivity contribution < 1.29 is 9.90 Å². The van der Waals surface area contributed by atoms with Crippen LogP contribution in [0.15, 0.2) is 42.7 Å². The molecule has 4 rings (SSSR count). The first-order chi connectivity index (χ1) is 13.4. The summed E-state index contributed by atoms with van der Waals surface area (Å²) < 4.78 is 1.72. The Morgan fingerprint density at radius 3 is 2.64 bits per heavy atom. The average Bonchev–Trinajstić information content (AvgIpc) is 3.20. The maximum absolute atomic E-state index is 12.6. The molecule has 1 spiro atoms. The normalized spacial score (nSPS) is 23.7. The molecule has 2 atom stereocenters. The highest BCUT2D eigenvalue weighted by Gasteiger charge is 2.53. The van der Waals surface area contributed by atoms with E-state index < -0.39 is 6.10 Å². The maximum atomic E-state index is 12.6. The van der Waals surface area contributed by atoms with Crippen LogP contribution in [-0.4, -0.2) is 63.9 Å². The minimum atomic E-state index is -0.455. The van der Waals surface area contributed by atoms with Gasteiger partial charge in [-0.3, -0.25) is 9.48 Å². The average molecular weight is 380 g/mol. The number of rotatable bonds is 3. The highest BCUT2D eigenvalue weighted by Crippen LogP contribution is 2.52. The molecule has 1 aliphatic carbocycles. The van der Waals surface area contributed by atoms with Gasteiger partial charge in [0, 0.05) is 43.4 Å². The van der Waals surface area contributed by atoms with Crippen molar-refractivity contribution in [2.45, 2.75) is 30.4 Å². The number of hydrogen-bond acceptors (Lipinski definition) is 4. The van der Waals surface area contributed by atoms with E-state index >= 15 is 0 Å². The first kappa shape index (κ1) is 18.9. The summed E-state index contributed by atoms with van der Waals surface area (Å²) in [5, 5.41) is 15.4. The topological polar surface area (TPSA) is 61.6 Å². The zero-order chi connectivity index (χ0) is 19.9. The number of likely N-dealkylation sites (N-methyl/N-ethyl adjacent to an activating group) is 1. The molecular weight excluding hydrogens is 352 g/mol. The smallest absolute Gasteiger partial charge is 0.246 e. The van der Waals surface area contributed by atoms with Crippen molar-refractivity contribution in [2.75, 3.05) is 27.2 Å². The quantitative estimate of drug-likeness (QED) is 0.827. The van der Waals surface area contributed by atoms with Gasteiger partial charge in [-0.25, -0.2) is 0 Å². The molecule has 2 aromatic rings. The van der Waals surface area contributed by atoms with Crippen molar-refractivity contribution in [3.63, 3.8) is 0 Å². The van der Waals surface area contributed by atoms with Gasteiger partial charge in [0.2, 0.25) is 5.91 Å². The number of aliphatic hydroxyl groups is 1. The fourth-order valence-corrected chi connectivity index (χ4v) is 4.89. The van der Waals surface area contributed by atoms with Gasteiger partial charge in [0.05, 0.1) is 18.3 Å². The number of aliphatic hydroxyl groups excluding tert-OH is 1. The molecule has 148 valence electrons. The molecular formula is C22H28N4O2. The lowest BCUT2D eigenvalue weighted by Gasteiger charge is -2.43. The highest BCUT2D eigenvalue weighted by molar-refractivity contribution is 5.91. The molecule has 28 heavy (non-hydrogen) atoms. The summed E-state index contributed by atoms with van der Waals surface area (Å²) in [4.78, 5) is 16.6. The first-order valence-electron chi connectivity index (χ1n) is 9.82. The van der Waals surface area contributed by atoms with Crippen LogP contribution in [0.2, 0.25) is 0 Å². The molecule has 0 saturated carbocycles. The van der Waals surface area contributed by atoms with E-state index in [1.165, 1.54) is 11.1 Å². The monoisotopic (exact) mass is 380 g/mol. The van der Waals surface area contributed by atoms with E-state index in [9.17, 15) is 9.90 Å². The summed E-state index contributed by atoms with van der Waals surface area (Å²) in [6, 6.07) is 8.39. The van der Waals surface area contributed by atoms with Crippen LogP contribution in [0.25, 0.3) is 6.08 Å². The van der Waals surface area contributed by atoms with Crippen molar-refractivity contribution >= 4 is 12.0 Å². The predicted octanol–water partition coefficient (Wildman–Crippen LogP) is 1.97. The summed E-state index contributed by atoms with van der Waals surface area (Å²) in [6.45, 7) is 1.31. The largest absolute Gasteiger partial charge is 0.390 e. The number of carbonyl (C=O) groups is 1. The Kier molecular flexibility index (Phi) is 4.85. The Balaban J connectivity index is 1.50. The lowest BCUT2D eigenvalue weighted by Crippen LogP contribution is -2.50. The Hall–Kier alpha value is -2.44. The number of amides is 1. The van der Waals surface area contributed by atoms with Crippen LogP contribution in [0.3, 0.4) is 0 Å². The number of likely N-dealkylation sites (tertiary alicyclic amines) is 1. The molecule has 0 bridgehead atoms. The number of fused-ring (bicyclic) bond motifs is 2. The van der Waals surface area contributed by atoms with Crippen LogP contribution in [0.1, 0.15) is 35.6 Å². The van der Waals surface area contributed by atoms with Gasteiger partial charge in [-0.05, 0) is 44.1 Å². The Labute approximate surface area is 166 Å². The van der Waals surface area contributed by atoms with Gasteiger partial charge in [-0.15, -0.1) is 0 Å². The molecule has 6 heteroatoms. The number of hydrogen-bond donors (Lipinski definition) is 1. The van der Waals surface area contributed by atoms with E-state index in [0.717, 1.165) is 18.4 Å². The number of aryl methyl sites for hydroxylation is 1. The fourth-order valence-electron chi connectivity index (χ4n) is 4.89. The second kappa shape index (κ2) is 7.18. The van der Waals surface area contributed by atoms with Crippen LogP contribution < -0.4 is 0 Å². The van der Waals surface area contributed by atoms with Gasteiger partial charge in [0.25, 0.3) is 0 Å². The molecule has 0 unspecified atom stereocenters. The molecule has 2 heterocycles. The van der Waals surface area contributed by atoms with Gasteiger partial charge in [0.1, 0.15) is 0 Å². The molecule has 6 nitrogen and oxygen atoms in total. The maximum Gasteiger partial charge on any atom is 0.246 e. The third-order valence-corrected chi connectivity index (χ3v) is 6.35. The molecule has 1 aromatic heterocycles. The van der Waals surface area contributed by atoms with Crippen molar-refractivity contribution in [1.82, 2.24) is 19.6 Å². The van der Waals surface area contributed by atoms with E-state index in [1.54, 1.807) is 17.0 Å². The second-order valence-corrected chi connectivity index (χ2v) is 8.20. The van der Waals surface area contributed by atoms with Crippen molar-refractivity contribution in [2.24, 2.45) is 7.05 Å². The molecule has 1 N–H and O–H groups in total. The Bertz CT molecular complexity index is 893. The summed E-state index contributed by atoms with van der Waals surface area (Å²) in [5.74, 6) is 0.0173. The zero-order valence-electron chi connectivity index (χ0n) is 16.7. The van der Waals surface area contributed by atoms with E-state index in [-0.39, 0.29) is 17.4 Å². The first-order valence-corrected chi connectivity index (χ1v) is 9.82. The van der Waals surface area contributed by atoms with E-state index in [0.29, 0.717) is 13.1 Å². The van der Waals surface area contributed by atoms with Crippen LogP contribution in [0.4, 0.5) is 0 Å².